The van der Waals surface area contributed by atoms with E-state index in [9.17, 15) is 0 Å². The van der Waals surface area contributed by atoms with Crippen LogP contribution in [0.1, 0.15) is 25.6 Å². The summed E-state index contributed by atoms with van der Waals surface area (Å²) in [5.74, 6) is 1.80. The number of nitrogens with one attached hydrogen (secondary N) is 1. The minimum absolute atomic E-state index is 0.716. The van der Waals surface area contributed by atoms with Crippen LogP contribution in [0.25, 0.3) is 0 Å². The molecule has 1 atom stereocenters. The van der Waals surface area contributed by atoms with Gasteiger partial charge in [0.2, 0.25) is 0 Å². The van der Waals surface area contributed by atoms with Crippen molar-refractivity contribution in [3.05, 3.63) is 10.6 Å². The van der Waals surface area contributed by atoms with E-state index >= 15 is 0 Å². The lowest BCUT2D eigenvalue weighted by atomic mass is 9.98. The molecule has 90 valence electrons. The smallest absolute Gasteiger partial charge is 0.195 e. The van der Waals surface area contributed by atoms with Gasteiger partial charge in [-0.1, -0.05) is 6.92 Å². The standard InChI is InChI=1S/C11H20N4S/c1-3-10-12-13-11(16)15(10)8-9-5-4-6-14(2)7-9/h9H,3-8H2,1-2H3,(H,13,16). The van der Waals surface area contributed by atoms with Crippen LogP contribution in [0.4, 0.5) is 0 Å². The quantitative estimate of drug-likeness (QED) is 0.819. The van der Waals surface area contributed by atoms with E-state index in [1.807, 2.05) is 0 Å². The molecule has 5 heteroatoms. The van der Waals surface area contributed by atoms with Crippen LogP contribution in [0.3, 0.4) is 0 Å². The highest BCUT2D eigenvalue weighted by Crippen LogP contribution is 2.17. The summed E-state index contributed by atoms with van der Waals surface area (Å²) in [5.41, 5.74) is 0. The molecule has 0 aliphatic carbocycles. The third-order valence-electron chi connectivity index (χ3n) is 3.32. The van der Waals surface area contributed by atoms with E-state index in [1.54, 1.807) is 0 Å². The second-order valence-corrected chi connectivity index (χ2v) is 5.07. The predicted octanol–water partition coefficient (Wildman–Crippen LogP) is 1.84. The molecule has 0 radical (unpaired) electrons. The van der Waals surface area contributed by atoms with Crippen LogP contribution in [0.5, 0.6) is 0 Å². The summed E-state index contributed by atoms with van der Waals surface area (Å²) in [5, 5.41) is 7.14. The summed E-state index contributed by atoms with van der Waals surface area (Å²) < 4.78 is 2.93. The van der Waals surface area contributed by atoms with Crippen molar-refractivity contribution in [2.24, 2.45) is 5.92 Å². The number of rotatable bonds is 3. The molecule has 0 amide bonds. The Morgan fingerprint density at radius 3 is 3.06 bits per heavy atom. The largest absolute Gasteiger partial charge is 0.306 e. The fraction of sp³-hybridized carbons (Fsp3) is 0.818. The zero-order valence-corrected chi connectivity index (χ0v) is 10.9. The molecule has 1 aromatic heterocycles. The topological polar surface area (TPSA) is 36.9 Å². The Hall–Kier alpha value is -0.680. The zero-order valence-electron chi connectivity index (χ0n) is 10.1. The van der Waals surface area contributed by atoms with E-state index < -0.39 is 0 Å². The molecule has 2 rings (SSSR count). The fourth-order valence-corrected chi connectivity index (χ4v) is 2.71. The Bertz CT molecular complexity index is 395. The zero-order chi connectivity index (χ0) is 11.5. The van der Waals surface area contributed by atoms with Gasteiger partial charge < -0.3 is 9.47 Å². The third-order valence-corrected chi connectivity index (χ3v) is 3.63. The molecule has 1 saturated heterocycles. The second kappa shape index (κ2) is 5.10. The molecule has 4 nitrogen and oxygen atoms in total. The first-order chi connectivity index (χ1) is 7.70. The van der Waals surface area contributed by atoms with Crippen molar-refractivity contribution in [1.29, 1.82) is 0 Å². The number of aromatic amines is 1. The minimum atomic E-state index is 0.716. The van der Waals surface area contributed by atoms with Crippen molar-refractivity contribution in [3.63, 3.8) is 0 Å². The first-order valence-electron chi connectivity index (χ1n) is 6.03. The number of aryl methyl sites for hydroxylation is 1. The van der Waals surface area contributed by atoms with Crippen molar-refractivity contribution >= 4 is 12.2 Å². The highest BCUT2D eigenvalue weighted by atomic mass is 32.1. The highest BCUT2D eigenvalue weighted by Gasteiger charge is 2.18. The highest BCUT2D eigenvalue weighted by molar-refractivity contribution is 7.71. The van der Waals surface area contributed by atoms with E-state index in [2.05, 4.69) is 33.6 Å². The molecule has 1 N–H and O–H groups in total. The maximum atomic E-state index is 5.27. The average Bonchev–Trinajstić information content (AvgIpc) is 2.60. The van der Waals surface area contributed by atoms with Gasteiger partial charge in [0.25, 0.3) is 0 Å². The maximum absolute atomic E-state index is 5.27. The molecule has 1 fully saturated rings. The van der Waals surface area contributed by atoms with Crippen LogP contribution in [0.2, 0.25) is 0 Å². The first kappa shape index (κ1) is 11.8. The number of H-pyrrole nitrogens is 1. The lowest BCUT2D eigenvalue weighted by Crippen LogP contribution is -2.34. The molecule has 0 saturated carbocycles. The number of piperidine rings is 1. The van der Waals surface area contributed by atoms with Crippen LogP contribution >= 0.6 is 12.2 Å². The molecule has 1 aliphatic rings. The lowest BCUT2D eigenvalue weighted by Gasteiger charge is -2.29. The normalized spacial score (nSPS) is 22.5. The van der Waals surface area contributed by atoms with Gasteiger partial charge in [0.05, 0.1) is 0 Å². The monoisotopic (exact) mass is 240 g/mol. The minimum Gasteiger partial charge on any atom is -0.306 e. The average molecular weight is 240 g/mol. The van der Waals surface area contributed by atoms with Gasteiger partial charge in [-0.15, -0.1) is 0 Å². The van der Waals surface area contributed by atoms with Crippen LogP contribution in [0, 0.1) is 10.7 Å². The molecular weight excluding hydrogens is 220 g/mol. The van der Waals surface area contributed by atoms with E-state index in [-0.39, 0.29) is 0 Å². The molecule has 0 aromatic carbocycles. The van der Waals surface area contributed by atoms with Crippen LogP contribution < -0.4 is 0 Å². The number of nitrogens with zero attached hydrogens (tertiary/aromatic N) is 3. The number of hydrogen-bond donors (Lipinski definition) is 1. The van der Waals surface area contributed by atoms with Gasteiger partial charge in [0.15, 0.2) is 4.77 Å². The number of hydrogen-bond acceptors (Lipinski definition) is 3. The summed E-state index contributed by atoms with van der Waals surface area (Å²) in [6.45, 7) is 5.54. The Balaban J connectivity index is 2.07. The first-order valence-corrected chi connectivity index (χ1v) is 6.44. The van der Waals surface area contributed by atoms with Crippen molar-refractivity contribution < 1.29 is 0 Å². The lowest BCUT2D eigenvalue weighted by molar-refractivity contribution is 0.193. The van der Waals surface area contributed by atoms with E-state index in [0.717, 1.165) is 23.6 Å². The Kier molecular flexibility index (Phi) is 3.76. The fourth-order valence-electron chi connectivity index (χ4n) is 2.49. The van der Waals surface area contributed by atoms with Gasteiger partial charge in [-0.2, -0.15) is 5.10 Å². The van der Waals surface area contributed by atoms with Gasteiger partial charge in [-0.05, 0) is 44.6 Å². The molecule has 1 aromatic rings. The number of likely N-dealkylation sites (tertiary alicyclic amines) is 1. The molecule has 2 heterocycles. The van der Waals surface area contributed by atoms with Gasteiger partial charge >= 0.3 is 0 Å². The third kappa shape index (κ3) is 2.52. The SMILES string of the molecule is CCc1n[nH]c(=S)n1CC1CCCN(C)C1. The maximum Gasteiger partial charge on any atom is 0.195 e. The summed E-state index contributed by atoms with van der Waals surface area (Å²) in [7, 11) is 2.20. The van der Waals surface area contributed by atoms with Crippen molar-refractivity contribution in [2.75, 3.05) is 20.1 Å². The molecule has 0 bridgehead atoms. The van der Waals surface area contributed by atoms with Gasteiger partial charge in [-0.3, -0.25) is 5.10 Å². The Labute approximate surface area is 102 Å². The van der Waals surface area contributed by atoms with Gasteiger partial charge in [-0.25, -0.2) is 0 Å². The number of aromatic nitrogens is 3. The van der Waals surface area contributed by atoms with E-state index in [4.69, 9.17) is 12.2 Å². The van der Waals surface area contributed by atoms with E-state index in [0.29, 0.717) is 5.92 Å². The van der Waals surface area contributed by atoms with E-state index in [1.165, 1.54) is 25.9 Å². The van der Waals surface area contributed by atoms with Crippen LogP contribution in [-0.2, 0) is 13.0 Å². The van der Waals surface area contributed by atoms with Crippen LogP contribution in [0.15, 0.2) is 0 Å². The van der Waals surface area contributed by atoms with Gasteiger partial charge in [0.1, 0.15) is 5.82 Å². The molecular formula is C11H20N4S. The summed E-state index contributed by atoms with van der Waals surface area (Å²) >= 11 is 5.27. The van der Waals surface area contributed by atoms with Crippen molar-refractivity contribution in [2.45, 2.75) is 32.7 Å². The second-order valence-electron chi connectivity index (χ2n) is 4.68. The van der Waals surface area contributed by atoms with Crippen molar-refractivity contribution in [1.82, 2.24) is 19.7 Å². The Morgan fingerprint density at radius 1 is 1.56 bits per heavy atom. The summed E-state index contributed by atoms with van der Waals surface area (Å²) in [6, 6.07) is 0. The van der Waals surface area contributed by atoms with Gasteiger partial charge in [0, 0.05) is 19.5 Å². The molecule has 1 unspecified atom stereocenters. The molecule has 1 aliphatic heterocycles. The van der Waals surface area contributed by atoms with Crippen molar-refractivity contribution in [3.8, 4) is 0 Å². The Morgan fingerprint density at radius 2 is 2.38 bits per heavy atom. The molecule has 16 heavy (non-hydrogen) atoms. The predicted molar refractivity (Wildman–Crippen MR) is 67.0 cm³/mol. The van der Waals surface area contributed by atoms with Crippen LogP contribution in [-0.4, -0.2) is 39.8 Å². The molecule has 0 spiro atoms. The summed E-state index contributed by atoms with van der Waals surface area (Å²) in [6.07, 6.45) is 3.55. The summed E-state index contributed by atoms with van der Waals surface area (Å²) in [4.78, 5) is 2.41.